The summed E-state index contributed by atoms with van der Waals surface area (Å²) >= 11 is 1.58. The van der Waals surface area contributed by atoms with Crippen LogP contribution in [0.5, 0.6) is 0 Å². The number of amides is 1. The molecule has 2 aromatic heterocycles. The molecule has 146 valence electrons. The summed E-state index contributed by atoms with van der Waals surface area (Å²) in [5, 5.41) is 4.93. The van der Waals surface area contributed by atoms with Crippen molar-refractivity contribution in [3.8, 4) is 10.6 Å². The Labute approximate surface area is 173 Å². The second kappa shape index (κ2) is 8.84. The summed E-state index contributed by atoms with van der Waals surface area (Å²) in [6.45, 7) is 0. The molecule has 3 aromatic rings. The molecule has 0 saturated carbocycles. The van der Waals surface area contributed by atoms with Crippen molar-refractivity contribution in [3.63, 3.8) is 0 Å². The maximum absolute atomic E-state index is 12.6. The van der Waals surface area contributed by atoms with Crippen molar-refractivity contribution >= 4 is 28.6 Å². The fraction of sp³-hybridized carbons (Fsp3) is 0.174. The molecule has 1 amide bonds. The third-order valence-corrected chi connectivity index (χ3v) is 5.57. The van der Waals surface area contributed by atoms with Crippen molar-refractivity contribution < 1.29 is 9.53 Å². The smallest absolute Gasteiger partial charge is 0.230 e. The van der Waals surface area contributed by atoms with Crippen LogP contribution >= 0.6 is 11.3 Å². The second-order valence-corrected chi connectivity index (χ2v) is 7.62. The molecule has 1 N–H and O–H groups in total. The highest BCUT2D eigenvalue weighted by Crippen LogP contribution is 2.32. The fourth-order valence-electron chi connectivity index (χ4n) is 3.18. The minimum absolute atomic E-state index is 0.111. The highest BCUT2D eigenvalue weighted by Gasteiger charge is 2.17. The number of carbonyl (C=O) groups is 1. The van der Waals surface area contributed by atoms with Crippen LogP contribution < -0.4 is 5.32 Å². The number of benzene rings is 1. The van der Waals surface area contributed by atoms with Gasteiger partial charge in [-0.05, 0) is 35.1 Å². The molecule has 6 heteroatoms. The van der Waals surface area contributed by atoms with Gasteiger partial charge >= 0.3 is 0 Å². The van der Waals surface area contributed by atoms with Gasteiger partial charge in [-0.15, -0.1) is 11.3 Å². The molecule has 0 unspecified atom stereocenters. The van der Waals surface area contributed by atoms with Gasteiger partial charge in [-0.1, -0.05) is 42.5 Å². The zero-order chi connectivity index (χ0) is 20.1. The van der Waals surface area contributed by atoms with Crippen molar-refractivity contribution in [1.82, 2.24) is 9.97 Å². The molecule has 4 rings (SSSR count). The number of nitrogens with one attached hydrogen (secondary N) is 1. The van der Waals surface area contributed by atoms with E-state index in [9.17, 15) is 4.79 Å². The molecule has 2 heterocycles. The largest absolute Gasteiger partial charge is 0.501 e. The first kappa shape index (κ1) is 19.1. The number of ether oxygens (including phenoxy) is 1. The van der Waals surface area contributed by atoms with Crippen LogP contribution in [0.25, 0.3) is 16.1 Å². The zero-order valence-electron chi connectivity index (χ0n) is 16.1. The third kappa shape index (κ3) is 4.60. The predicted octanol–water partition coefficient (Wildman–Crippen LogP) is 5.09. The molecule has 1 aromatic carbocycles. The van der Waals surface area contributed by atoms with E-state index in [0.29, 0.717) is 17.9 Å². The van der Waals surface area contributed by atoms with Gasteiger partial charge in [-0.3, -0.25) is 4.79 Å². The maximum atomic E-state index is 12.6. The van der Waals surface area contributed by atoms with Gasteiger partial charge in [0.15, 0.2) is 5.82 Å². The number of aromatic nitrogens is 2. The van der Waals surface area contributed by atoms with E-state index < -0.39 is 0 Å². The van der Waals surface area contributed by atoms with E-state index >= 15 is 0 Å². The first-order chi connectivity index (χ1) is 14.2. The van der Waals surface area contributed by atoms with Crippen LogP contribution in [0.15, 0.2) is 72.0 Å². The van der Waals surface area contributed by atoms with Crippen molar-refractivity contribution in [1.29, 1.82) is 0 Å². The van der Waals surface area contributed by atoms with Crippen molar-refractivity contribution in [2.75, 3.05) is 12.4 Å². The Hall–Kier alpha value is -3.25. The van der Waals surface area contributed by atoms with Crippen molar-refractivity contribution in [2.24, 2.45) is 0 Å². The number of hydrogen-bond donors (Lipinski definition) is 1. The number of allylic oxidation sites excluding steroid dienone is 4. The topological polar surface area (TPSA) is 64.1 Å². The first-order valence-electron chi connectivity index (χ1n) is 9.41. The van der Waals surface area contributed by atoms with Crippen LogP contribution in [0.4, 0.5) is 5.82 Å². The fourth-order valence-corrected chi connectivity index (χ4v) is 3.89. The van der Waals surface area contributed by atoms with Gasteiger partial charge in [0.2, 0.25) is 5.91 Å². The van der Waals surface area contributed by atoms with E-state index in [0.717, 1.165) is 40.3 Å². The Morgan fingerprint density at radius 2 is 2.00 bits per heavy atom. The number of anilines is 1. The molecule has 29 heavy (non-hydrogen) atoms. The minimum atomic E-state index is -0.111. The molecule has 0 fully saturated rings. The predicted molar refractivity (Wildman–Crippen MR) is 116 cm³/mol. The summed E-state index contributed by atoms with van der Waals surface area (Å²) < 4.78 is 5.30. The summed E-state index contributed by atoms with van der Waals surface area (Å²) in [5.41, 5.74) is 3.58. The van der Waals surface area contributed by atoms with Crippen molar-refractivity contribution in [3.05, 3.63) is 83.2 Å². The Bertz CT molecular complexity index is 1060. The average molecular weight is 404 g/mol. The minimum Gasteiger partial charge on any atom is -0.501 e. The normalized spacial score (nSPS) is 13.4. The van der Waals surface area contributed by atoms with Gasteiger partial charge in [0.1, 0.15) is 5.69 Å². The molecular weight excluding hydrogens is 382 g/mol. The molecule has 0 spiro atoms. The molecule has 0 aliphatic heterocycles. The number of nitrogens with zero attached hydrogens (tertiary/aromatic N) is 2. The second-order valence-electron chi connectivity index (χ2n) is 6.67. The van der Waals surface area contributed by atoms with E-state index in [4.69, 9.17) is 9.72 Å². The van der Waals surface area contributed by atoms with E-state index in [1.807, 2.05) is 60.0 Å². The van der Waals surface area contributed by atoms with E-state index in [1.54, 1.807) is 24.6 Å². The number of thiophene rings is 1. The van der Waals surface area contributed by atoms with E-state index in [-0.39, 0.29) is 5.91 Å². The Morgan fingerprint density at radius 1 is 1.14 bits per heavy atom. The van der Waals surface area contributed by atoms with Crippen LogP contribution in [0.1, 0.15) is 24.1 Å². The standard InChI is InChI=1S/C23H21N3O2S/c1-28-18-11-9-17(10-12-18)19-15-24-23(22(25-19)20-8-5-13-29-20)26-21(27)14-16-6-3-2-4-7-16/h2-9,11,13,15H,10,12,14H2,1H3,(H,24,26,27). The monoisotopic (exact) mass is 403 g/mol. The highest BCUT2D eigenvalue weighted by molar-refractivity contribution is 7.13. The van der Waals surface area contributed by atoms with Gasteiger partial charge in [-0.2, -0.15) is 0 Å². The number of methoxy groups -OCH3 is 1. The molecule has 1 aliphatic carbocycles. The summed E-state index contributed by atoms with van der Waals surface area (Å²) in [7, 11) is 1.69. The Kier molecular flexibility index (Phi) is 5.81. The van der Waals surface area contributed by atoms with Crippen LogP contribution in [0.3, 0.4) is 0 Å². The van der Waals surface area contributed by atoms with Gasteiger partial charge in [-0.25, -0.2) is 9.97 Å². The summed E-state index contributed by atoms with van der Waals surface area (Å²) in [6, 6.07) is 13.6. The molecule has 0 radical (unpaired) electrons. The third-order valence-electron chi connectivity index (χ3n) is 4.69. The lowest BCUT2D eigenvalue weighted by Gasteiger charge is -2.15. The van der Waals surface area contributed by atoms with Gasteiger partial charge < -0.3 is 10.1 Å². The molecule has 0 atom stereocenters. The Morgan fingerprint density at radius 3 is 2.69 bits per heavy atom. The maximum Gasteiger partial charge on any atom is 0.230 e. The molecule has 0 saturated heterocycles. The van der Waals surface area contributed by atoms with Gasteiger partial charge in [0.25, 0.3) is 0 Å². The number of rotatable bonds is 6. The van der Waals surface area contributed by atoms with Crippen molar-refractivity contribution in [2.45, 2.75) is 19.3 Å². The molecule has 5 nitrogen and oxygen atoms in total. The number of hydrogen-bond acceptors (Lipinski definition) is 5. The highest BCUT2D eigenvalue weighted by atomic mass is 32.1. The summed E-state index contributed by atoms with van der Waals surface area (Å²) in [4.78, 5) is 22.9. The van der Waals surface area contributed by atoms with Crippen LogP contribution in [-0.2, 0) is 16.0 Å². The quantitative estimate of drug-likeness (QED) is 0.622. The van der Waals surface area contributed by atoms with Crippen LogP contribution in [-0.4, -0.2) is 23.0 Å². The molecule has 0 bridgehead atoms. The Balaban J connectivity index is 1.61. The van der Waals surface area contributed by atoms with E-state index in [1.165, 1.54) is 0 Å². The summed E-state index contributed by atoms with van der Waals surface area (Å²) in [5.74, 6) is 1.34. The van der Waals surface area contributed by atoms with Gasteiger partial charge in [0, 0.05) is 6.42 Å². The van der Waals surface area contributed by atoms with Crippen LogP contribution in [0.2, 0.25) is 0 Å². The molecular formula is C23H21N3O2S. The molecule has 1 aliphatic rings. The van der Waals surface area contributed by atoms with Crippen LogP contribution in [0, 0.1) is 0 Å². The summed E-state index contributed by atoms with van der Waals surface area (Å²) in [6.07, 6.45) is 7.71. The lowest BCUT2D eigenvalue weighted by atomic mass is 10.0. The lowest BCUT2D eigenvalue weighted by molar-refractivity contribution is -0.115. The van der Waals surface area contributed by atoms with Gasteiger partial charge in [0.05, 0.1) is 36.1 Å². The average Bonchev–Trinajstić information content (AvgIpc) is 3.29. The first-order valence-corrected chi connectivity index (χ1v) is 10.3. The van der Waals surface area contributed by atoms with E-state index in [2.05, 4.69) is 10.3 Å². The SMILES string of the molecule is COC1=CC=C(c2cnc(NC(=O)Cc3ccccc3)c(-c3cccs3)n2)CC1. The number of carbonyl (C=O) groups excluding carboxylic acids is 1. The lowest BCUT2D eigenvalue weighted by Crippen LogP contribution is -2.16. The zero-order valence-corrected chi connectivity index (χ0v) is 16.9.